The van der Waals surface area contributed by atoms with Gasteiger partial charge in [-0.1, -0.05) is 12.1 Å². The van der Waals surface area contributed by atoms with Gasteiger partial charge in [0.1, 0.15) is 10.8 Å². The van der Waals surface area contributed by atoms with Crippen LogP contribution in [0.1, 0.15) is 27.2 Å². The number of methoxy groups -OCH3 is 1. The van der Waals surface area contributed by atoms with E-state index in [0.29, 0.717) is 6.54 Å². The third-order valence-electron chi connectivity index (χ3n) is 4.29. The smallest absolute Gasteiger partial charge is 0.191 e. The molecule has 6 nitrogen and oxygen atoms in total. The van der Waals surface area contributed by atoms with Crippen molar-refractivity contribution in [2.24, 2.45) is 4.99 Å². The normalized spacial score (nSPS) is 12.5. The summed E-state index contributed by atoms with van der Waals surface area (Å²) in [6.07, 6.45) is 0. The Morgan fingerprint density at radius 1 is 1.22 bits per heavy atom. The zero-order valence-electron chi connectivity index (χ0n) is 16.9. The zero-order chi connectivity index (χ0) is 19.1. The largest absolute Gasteiger partial charge is 0.497 e. The molecule has 1 atom stereocenters. The highest BCUT2D eigenvalue weighted by atomic mass is 127. The number of guanidine groups is 1. The lowest BCUT2D eigenvalue weighted by Gasteiger charge is -2.26. The number of hydrogen-bond acceptors (Lipinski definition) is 5. The van der Waals surface area contributed by atoms with Crippen molar-refractivity contribution in [2.75, 3.05) is 34.8 Å². The summed E-state index contributed by atoms with van der Waals surface area (Å²) < 4.78 is 5.25. The molecule has 150 valence electrons. The summed E-state index contributed by atoms with van der Waals surface area (Å²) in [5.41, 5.74) is 2.33. The SMILES string of the molecule is CN=C(NCc1nc(C)c(C)s1)NCC(c1ccc(OC)cc1)N(C)C.I. The molecule has 1 heterocycles. The number of nitrogens with one attached hydrogen (secondary N) is 2. The number of hydrogen-bond donors (Lipinski definition) is 2. The van der Waals surface area contributed by atoms with Gasteiger partial charge in [0.05, 0.1) is 25.4 Å². The topological polar surface area (TPSA) is 61.8 Å². The molecule has 0 saturated heterocycles. The second-order valence-electron chi connectivity index (χ2n) is 6.31. The fraction of sp³-hybridized carbons (Fsp3) is 0.474. The zero-order valence-corrected chi connectivity index (χ0v) is 20.0. The van der Waals surface area contributed by atoms with Crippen LogP contribution in [-0.4, -0.2) is 50.6 Å². The Morgan fingerprint density at radius 3 is 2.37 bits per heavy atom. The van der Waals surface area contributed by atoms with E-state index in [1.165, 1.54) is 10.4 Å². The van der Waals surface area contributed by atoms with Crippen LogP contribution in [0.3, 0.4) is 0 Å². The Balaban J connectivity index is 0.00000364. The first-order valence-corrected chi connectivity index (χ1v) is 9.44. The third-order valence-corrected chi connectivity index (χ3v) is 5.36. The first-order valence-electron chi connectivity index (χ1n) is 8.62. The van der Waals surface area contributed by atoms with Gasteiger partial charge in [0, 0.05) is 18.5 Å². The van der Waals surface area contributed by atoms with Crippen LogP contribution in [0.2, 0.25) is 0 Å². The fourth-order valence-electron chi connectivity index (χ4n) is 2.61. The highest BCUT2D eigenvalue weighted by Crippen LogP contribution is 2.20. The van der Waals surface area contributed by atoms with Gasteiger partial charge >= 0.3 is 0 Å². The van der Waals surface area contributed by atoms with E-state index in [2.05, 4.69) is 58.7 Å². The number of benzene rings is 1. The molecule has 0 bridgehead atoms. The molecule has 0 spiro atoms. The molecular formula is C19H30IN5OS. The Labute approximate surface area is 183 Å². The maximum Gasteiger partial charge on any atom is 0.191 e. The molecular weight excluding hydrogens is 473 g/mol. The summed E-state index contributed by atoms with van der Waals surface area (Å²) in [6, 6.07) is 8.41. The van der Waals surface area contributed by atoms with Crippen molar-refractivity contribution >= 4 is 41.3 Å². The molecule has 0 saturated carbocycles. The lowest BCUT2D eigenvalue weighted by Crippen LogP contribution is -2.41. The molecule has 1 unspecified atom stereocenters. The highest BCUT2D eigenvalue weighted by Gasteiger charge is 2.15. The van der Waals surface area contributed by atoms with E-state index in [1.807, 2.05) is 19.1 Å². The van der Waals surface area contributed by atoms with Crippen LogP contribution in [0.15, 0.2) is 29.3 Å². The molecule has 0 aliphatic rings. The maximum atomic E-state index is 5.25. The first-order chi connectivity index (χ1) is 12.4. The number of thiazole rings is 1. The Hall–Kier alpha value is -1.39. The second kappa shape index (κ2) is 11.5. The highest BCUT2D eigenvalue weighted by molar-refractivity contribution is 14.0. The van der Waals surface area contributed by atoms with E-state index >= 15 is 0 Å². The lowest BCUT2D eigenvalue weighted by atomic mass is 10.1. The Morgan fingerprint density at radius 2 is 1.89 bits per heavy atom. The summed E-state index contributed by atoms with van der Waals surface area (Å²) in [5.74, 6) is 1.64. The van der Waals surface area contributed by atoms with Gasteiger partial charge in [-0.05, 0) is 45.6 Å². The molecule has 27 heavy (non-hydrogen) atoms. The predicted molar refractivity (Wildman–Crippen MR) is 125 cm³/mol. The van der Waals surface area contributed by atoms with E-state index in [0.717, 1.165) is 29.0 Å². The van der Waals surface area contributed by atoms with E-state index in [1.54, 1.807) is 25.5 Å². The molecule has 2 rings (SSSR count). The van der Waals surface area contributed by atoms with Crippen molar-refractivity contribution in [1.29, 1.82) is 0 Å². The van der Waals surface area contributed by atoms with Crippen molar-refractivity contribution in [3.8, 4) is 5.75 Å². The minimum atomic E-state index is 0. The van der Waals surface area contributed by atoms with Crippen molar-refractivity contribution in [2.45, 2.75) is 26.4 Å². The van der Waals surface area contributed by atoms with Gasteiger partial charge in [0.2, 0.25) is 0 Å². The Kier molecular flexibility index (Phi) is 10.0. The van der Waals surface area contributed by atoms with Gasteiger partial charge < -0.3 is 20.3 Å². The quantitative estimate of drug-likeness (QED) is 0.345. The van der Waals surface area contributed by atoms with Crippen molar-refractivity contribution in [3.63, 3.8) is 0 Å². The lowest BCUT2D eigenvalue weighted by molar-refractivity contribution is 0.298. The van der Waals surface area contributed by atoms with Crippen LogP contribution >= 0.6 is 35.3 Å². The Bertz CT molecular complexity index is 711. The van der Waals surface area contributed by atoms with Gasteiger partial charge in [0.25, 0.3) is 0 Å². The van der Waals surface area contributed by atoms with Crippen LogP contribution in [0.4, 0.5) is 0 Å². The fourth-order valence-corrected chi connectivity index (χ4v) is 3.49. The standard InChI is InChI=1S/C19H29N5OS.HI/c1-13-14(2)26-18(23-13)12-22-19(20-3)21-11-17(24(4)5)15-7-9-16(25-6)10-8-15;/h7-10,17H,11-12H2,1-6H3,(H2,20,21,22);1H. The number of halogens is 1. The van der Waals surface area contributed by atoms with Gasteiger partial charge in [-0.15, -0.1) is 35.3 Å². The van der Waals surface area contributed by atoms with Crippen molar-refractivity contribution in [3.05, 3.63) is 45.4 Å². The van der Waals surface area contributed by atoms with Crippen LogP contribution in [-0.2, 0) is 6.54 Å². The summed E-state index contributed by atoms with van der Waals surface area (Å²) in [6.45, 7) is 5.56. The first kappa shape index (κ1) is 23.6. The van der Waals surface area contributed by atoms with Crippen LogP contribution in [0.25, 0.3) is 0 Å². The number of aliphatic imine (C=N–C) groups is 1. The van der Waals surface area contributed by atoms with E-state index in [-0.39, 0.29) is 30.0 Å². The van der Waals surface area contributed by atoms with Gasteiger partial charge in [-0.2, -0.15) is 0 Å². The molecule has 0 radical (unpaired) electrons. The van der Waals surface area contributed by atoms with Gasteiger partial charge in [-0.3, -0.25) is 4.99 Å². The number of ether oxygens (including phenoxy) is 1. The summed E-state index contributed by atoms with van der Waals surface area (Å²) in [7, 11) is 7.62. The van der Waals surface area contributed by atoms with Gasteiger partial charge in [-0.25, -0.2) is 4.98 Å². The number of likely N-dealkylation sites (N-methyl/N-ethyl adjacent to an activating group) is 1. The number of nitrogens with zero attached hydrogens (tertiary/aromatic N) is 3. The minimum absolute atomic E-state index is 0. The van der Waals surface area contributed by atoms with Crippen LogP contribution in [0.5, 0.6) is 5.75 Å². The third kappa shape index (κ3) is 6.93. The molecule has 0 amide bonds. The van der Waals surface area contributed by atoms with E-state index < -0.39 is 0 Å². The number of aromatic nitrogens is 1. The second-order valence-corrected chi connectivity index (χ2v) is 7.60. The van der Waals surface area contributed by atoms with Crippen molar-refractivity contribution < 1.29 is 4.74 Å². The predicted octanol–water partition coefficient (Wildman–Crippen LogP) is 3.35. The molecule has 1 aromatic heterocycles. The molecule has 8 heteroatoms. The molecule has 0 aliphatic heterocycles. The minimum Gasteiger partial charge on any atom is -0.497 e. The molecule has 2 N–H and O–H groups in total. The molecule has 1 aromatic carbocycles. The summed E-state index contributed by atoms with van der Waals surface area (Å²) in [5, 5.41) is 7.82. The summed E-state index contributed by atoms with van der Waals surface area (Å²) in [4.78, 5) is 12.3. The number of rotatable bonds is 7. The van der Waals surface area contributed by atoms with Crippen LogP contribution < -0.4 is 15.4 Å². The average Bonchev–Trinajstić information content (AvgIpc) is 2.96. The van der Waals surface area contributed by atoms with Crippen molar-refractivity contribution in [1.82, 2.24) is 20.5 Å². The number of aryl methyl sites for hydroxylation is 2. The van der Waals surface area contributed by atoms with Gasteiger partial charge in [0.15, 0.2) is 5.96 Å². The average molecular weight is 503 g/mol. The van der Waals surface area contributed by atoms with Crippen LogP contribution in [0, 0.1) is 13.8 Å². The monoisotopic (exact) mass is 503 g/mol. The molecule has 2 aromatic rings. The summed E-state index contributed by atoms with van der Waals surface area (Å²) >= 11 is 1.72. The molecule has 0 aliphatic carbocycles. The van der Waals surface area contributed by atoms with E-state index in [4.69, 9.17) is 4.74 Å². The maximum absolute atomic E-state index is 5.25. The molecule has 0 fully saturated rings. The van der Waals surface area contributed by atoms with E-state index in [9.17, 15) is 0 Å².